The summed E-state index contributed by atoms with van der Waals surface area (Å²) in [6.07, 6.45) is 5.50. The number of nitrogens with one attached hydrogen (secondary N) is 1. The van der Waals surface area contributed by atoms with Crippen molar-refractivity contribution in [2.24, 2.45) is 7.05 Å². The lowest BCUT2D eigenvalue weighted by Crippen LogP contribution is -2.47. The maximum Gasteiger partial charge on any atom is 0.293 e. The monoisotopic (exact) mass is 338 g/mol. The molecule has 3 aromatic rings. The first-order valence-corrected chi connectivity index (χ1v) is 8.68. The van der Waals surface area contributed by atoms with E-state index in [4.69, 9.17) is 4.42 Å². The number of nitrogens with zero attached hydrogens (tertiary/aromatic N) is 3. The molecule has 0 spiro atoms. The maximum atomic E-state index is 12.3. The van der Waals surface area contributed by atoms with Gasteiger partial charge >= 0.3 is 0 Å². The van der Waals surface area contributed by atoms with E-state index in [1.165, 1.54) is 0 Å². The molecule has 1 fully saturated rings. The molecule has 0 unspecified atom stereocenters. The van der Waals surface area contributed by atoms with Gasteiger partial charge in [0.15, 0.2) is 5.82 Å². The molecule has 4 rings (SSSR count). The van der Waals surface area contributed by atoms with Crippen LogP contribution in [0.4, 0.5) is 5.82 Å². The number of hydrogen-bond acceptors (Lipinski definition) is 5. The van der Waals surface area contributed by atoms with Crippen LogP contribution in [-0.4, -0.2) is 28.7 Å². The average Bonchev–Trinajstić information content (AvgIpc) is 3.05. The molecule has 1 aromatic carbocycles. The zero-order chi connectivity index (χ0) is 17.2. The lowest BCUT2D eigenvalue weighted by Gasteiger charge is -2.33. The van der Waals surface area contributed by atoms with E-state index < -0.39 is 0 Å². The standard InChI is InChI=1S/C19H22N4O2/c1-22-10-8-20-18(19(22)24)23-9-4-6-15(13-23)21-12-16-11-14-5-2-3-7-17(14)25-16/h2-3,5,7-8,10-11,15,21H,4,6,9,12-13H2,1H3/t15-/m0/s1. The highest BCUT2D eigenvalue weighted by Crippen LogP contribution is 2.20. The molecule has 1 atom stereocenters. The van der Waals surface area contributed by atoms with Crippen molar-refractivity contribution in [1.82, 2.24) is 14.9 Å². The second kappa shape index (κ2) is 6.72. The number of hydrogen-bond donors (Lipinski definition) is 1. The van der Waals surface area contributed by atoms with Crippen molar-refractivity contribution in [3.8, 4) is 0 Å². The van der Waals surface area contributed by atoms with Crippen molar-refractivity contribution in [2.75, 3.05) is 18.0 Å². The lowest BCUT2D eigenvalue weighted by atomic mass is 10.1. The number of piperidine rings is 1. The highest BCUT2D eigenvalue weighted by Gasteiger charge is 2.23. The van der Waals surface area contributed by atoms with Crippen molar-refractivity contribution in [3.63, 3.8) is 0 Å². The smallest absolute Gasteiger partial charge is 0.293 e. The minimum Gasteiger partial charge on any atom is -0.460 e. The van der Waals surface area contributed by atoms with E-state index >= 15 is 0 Å². The Morgan fingerprint density at radius 2 is 2.24 bits per heavy atom. The minimum atomic E-state index is -0.0413. The zero-order valence-corrected chi connectivity index (χ0v) is 14.3. The molecule has 1 aliphatic heterocycles. The Morgan fingerprint density at radius 1 is 1.36 bits per heavy atom. The number of aromatic nitrogens is 2. The van der Waals surface area contributed by atoms with Crippen molar-refractivity contribution < 1.29 is 4.42 Å². The van der Waals surface area contributed by atoms with Gasteiger partial charge in [0, 0.05) is 44.0 Å². The molecule has 0 bridgehead atoms. The Morgan fingerprint density at radius 3 is 3.12 bits per heavy atom. The molecule has 1 N–H and O–H groups in total. The molecule has 2 aromatic heterocycles. The normalized spacial score (nSPS) is 18.0. The topological polar surface area (TPSA) is 63.3 Å². The molecule has 130 valence electrons. The van der Waals surface area contributed by atoms with E-state index in [0.717, 1.165) is 42.7 Å². The number of fused-ring (bicyclic) bond motifs is 1. The third-order valence-electron chi connectivity index (χ3n) is 4.76. The molecule has 6 nitrogen and oxygen atoms in total. The SMILES string of the molecule is Cn1ccnc(N2CCC[C@H](NCc3cc4ccccc4o3)C2)c1=O. The van der Waals surface area contributed by atoms with Crippen LogP contribution in [0.15, 0.2) is 51.9 Å². The van der Waals surface area contributed by atoms with E-state index in [9.17, 15) is 4.79 Å². The van der Waals surface area contributed by atoms with Gasteiger partial charge in [0.2, 0.25) is 0 Å². The van der Waals surface area contributed by atoms with Crippen LogP contribution in [0, 0.1) is 0 Å². The Bertz CT molecular complexity index is 897. The van der Waals surface area contributed by atoms with Crippen LogP contribution in [0.3, 0.4) is 0 Å². The van der Waals surface area contributed by atoms with Gasteiger partial charge in [0.1, 0.15) is 11.3 Å². The average molecular weight is 338 g/mol. The van der Waals surface area contributed by atoms with E-state index in [2.05, 4.69) is 27.3 Å². The summed E-state index contributed by atoms with van der Waals surface area (Å²) >= 11 is 0. The zero-order valence-electron chi connectivity index (χ0n) is 14.3. The largest absolute Gasteiger partial charge is 0.460 e. The third kappa shape index (κ3) is 3.30. The first-order valence-electron chi connectivity index (χ1n) is 8.68. The molecule has 1 saturated heterocycles. The van der Waals surface area contributed by atoms with Crippen molar-refractivity contribution in [2.45, 2.75) is 25.4 Å². The fourth-order valence-electron chi connectivity index (χ4n) is 3.41. The summed E-state index contributed by atoms with van der Waals surface area (Å²) in [4.78, 5) is 18.7. The van der Waals surface area contributed by atoms with Crippen molar-refractivity contribution in [3.05, 3.63) is 58.8 Å². The number of anilines is 1. The van der Waals surface area contributed by atoms with Gasteiger partial charge in [-0.25, -0.2) is 4.98 Å². The van der Waals surface area contributed by atoms with Crippen LogP contribution in [0.5, 0.6) is 0 Å². The van der Waals surface area contributed by atoms with Crippen LogP contribution in [0.1, 0.15) is 18.6 Å². The van der Waals surface area contributed by atoms with E-state index in [-0.39, 0.29) is 5.56 Å². The van der Waals surface area contributed by atoms with Gasteiger partial charge in [-0.15, -0.1) is 0 Å². The maximum absolute atomic E-state index is 12.3. The summed E-state index contributed by atoms with van der Waals surface area (Å²) in [6, 6.07) is 10.4. The first-order chi connectivity index (χ1) is 12.2. The molecule has 3 heterocycles. The fourth-order valence-corrected chi connectivity index (χ4v) is 3.41. The van der Waals surface area contributed by atoms with Gasteiger partial charge in [-0.1, -0.05) is 18.2 Å². The second-order valence-corrected chi connectivity index (χ2v) is 6.58. The van der Waals surface area contributed by atoms with Gasteiger partial charge in [-0.3, -0.25) is 4.79 Å². The van der Waals surface area contributed by atoms with Gasteiger partial charge < -0.3 is 19.2 Å². The van der Waals surface area contributed by atoms with Crippen LogP contribution >= 0.6 is 0 Å². The summed E-state index contributed by atoms with van der Waals surface area (Å²) in [5.41, 5.74) is 0.877. The fraction of sp³-hybridized carbons (Fsp3) is 0.368. The summed E-state index contributed by atoms with van der Waals surface area (Å²) in [7, 11) is 1.76. The third-order valence-corrected chi connectivity index (χ3v) is 4.76. The molecule has 25 heavy (non-hydrogen) atoms. The Labute approximate surface area is 146 Å². The molecular formula is C19H22N4O2. The van der Waals surface area contributed by atoms with Crippen LogP contribution in [-0.2, 0) is 13.6 Å². The number of furan rings is 1. The number of benzene rings is 1. The molecule has 0 aliphatic carbocycles. The Kier molecular flexibility index (Phi) is 4.28. The minimum absolute atomic E-state index is 0.0413. The Hall–Kier alpha value is -2.60. The van der Waals surface area contributed by atoms with E-state index in [1.54, 1.807) is 24.0 Å². The second-order valence-electron chi connectivity index (χ2n) is 6.58. The van der Waals surface area contributed by atoms with E-state index in [1.807, 2.05) is 18.2 Å². The molecule has 0 saturated carbocycles. The number of para-hydroxylation sites is 1. The van der Waals surface area contributed by atoms with Gasteiger partial charge in [-0.05, 0) is 25.0 Å². The summed E-state index contributed by atoms with van der Waals surface area (Å²) in [5, 5.41) is 4.69. The molecular weight excluding hydrogens is 316 g/mol. The predicted octanol–water partition coefficient (Wildman–Crippen LogP) is 2.29. The van der Waals surface area contributed by atoms with Crippen molar-refractivity contribution in [1.29, 1.82) is 0 Å². The number of aryl methyl sites for hydroxylation is 1. The van der Waals surface area contributed by atoms with Gasteiger partial charge in [-0.2, -0.15) is 0 Å². The molecule has 1 aliphatic rings. The van der Waals surface area contributed by atoms with Crippen LogP contribution in [0.25, 0.3) is 11.0 Å². The Balaban J connectivity index is 1.43. The lowest BCUT2D eigenvalue weighted by molar-refractivity contribution is 0.399. The van der Waals surface area contributed by atoms with Crippen molar-refractivity contribution >= 4 is 16.8 Å². The first kappa shape index (κ1) is 15.9. The predicted molar refractivity (Wildman–Crippen MR) is 97.8 cm³/mol. The van der Waals surface area contributed by atoms with Crippen LogP contribution in [0.2, 0.25) is 0 Å². The van der Waals surface area contributed by atoms with Crippen LogP contribution < -0.4 is 15.8 Å². The van der Waals surface area contributed by atoms with Gasteiger partial charge in [0.05, 0.1) is 6.54 Å². The summed E-state index contributed by atoms with van der Waals surface area (Å²) < 4.78 is 7.44. The quantitative estimate of drug-likeness (QED) is 0.791. The highest BCUT2D eigenvalue weighted by molar-refractivity contribution is 5.77. The highest BCUT2D eigenvalue weighted by atomic mass is 16.3. The summed E-state index contributed by atoms with van der Waals surface area (Å²) in [6.45, 7) is 2.34. The number of rotatable bonds is 4. The molecule has 0 radical (unpaired) electrons. The van der Waals surface area contributed by atoms with E-state index in [0.29, 0.717) is 18.4 Å². The molecule has 6 heteroatoms. The molecule has 0 amide bonds. The van der Waals surface area contributed by atoms with Gasteiger partial charge in [0.25, 0.3) is 5.56 Å². The summed E-state index contributed by atoms with van der Waals surface area (Å²) in [5.74, 6) is 1.48.